The third-order valence-corrected chi connectivity index (χ3v) is 2.55. The Morgan fingerprint density at radius 3 is 2.33 bits per heavy atom. The molecular weight excluding hydrogens is 226 g/mol. The molecule has 0 aromatic carbocycles. The van der Waals surface area contributed by atoms with E-state index in [0.717, 1.165) is 23.6 Å². The van der Waals surface area contributed by atoms with Crippen molar-refractivity contribution in [3.05, 3.63) is 53.5 Å². The summed E-state index contributed by atoms with van der Waals surface area (Å²) < 4.78 is 5.08. The summed E-state index contributed by atoms with van der Waals surface area (Å²) in [5.41, 5.74) is 3.04. The number of ether oxygens (including phenoxy) is 1. The summed E-state index contributed by atoms with van der Waals surface area (Å²) in [6, 6.07) is 11.8. The van der Waals surface area contributed by atoms with Crippen molar-refractivity contribution in [2.24, 2.45) is 0 Å². The van der Waals surface area contributed by atoms with Crippen molar-refractivity contribution in [3.8, 4) is 5.88 Å². The number of rotatable bonds is 5. The molecule has 0 atom stereocenters. The molecule has 0 saturated heterocycles. The van der Waals surface area contributed by atoms with Gasteiger partial charge in [0.1, 0.15) is 0 Å². The van der Waals surface area contributed by atoms with Gasteiger partial charge in [0, 0.05) is 24.8 Å². The SMILES string of the molecule is COc1cccc(CNCc2cccc(C)n2)n1. The van der Waals surface area contributed by atoms with E-state index in [9.17, 15) is 0 Å². The fourth-order valence-electron chi connectivity index (χ4n) is 1.69. The minimum atomic E-state index is 0.642. The average Bonchev–Trinajstić information content (AvgIpc) is 2.39. The number of nitrogens with zero attached hydrogens (tertiary/aromatic N) is 2. The number of methoxy groups -OCH3 is 1. The predicted octanol–water partition coefficient (Wildman–Crippen LogP) is 2.08. The summed E-state index contributed by atoms with van der Waals surface area (Å²) in [4.78, 5) is 8.77. The topological polar surface area (TPSA) is 47.0 Å². The van der Waals surface area contributed by atoms with E-state index in [1.54, 1.807) is 7.11 Å². The minimum Gasteiger partial charge on any atom is -0.481 e. The highest BCUT2D eigenvalue weighted by atomic mass is 16.5. The summed E-state index contributed by atoms with van der Waals surface area (Å²) >= 11 is 0. The number of aromatic nitrogens is 2. The molecular formula is C14H17N3O. The van der Waals surface area contributed by atoms with Gasteiger partial charge in [0.2, 0.25) is 5.88 Å². The van der Waals surface area contributed by atoms with Crippen LogP contribution in [0.5, 0.6) is 5.88 Å². The highest BCUT2D eigenvalue weighted by Crippen LogP contribution is 2.06. The van der Waals surface area contributed by atoms with Crippen LogP contribution in [0, 0.1) is 6.92 Å². The van der Waals surface area contributed by atoms with Crippen LogP contribution >= 0.6 is 0 Å². The van der Waals surface area contributed by atoms with Gasteiger partial charge < -0.3 is 10.1 Å². The fourth-order valence-corrected chi connectivity index (χ4v) is 1.69. The summed E-state index contributed by atoms with van der Waals surface area (Å²) in [6.45, 7) is 3.43. The number of aryl methyl sites for hydroxylation is 1. The smallest absolute Gasteiger partial charge is 0.213 e. The Bertz CT molecular complexity index is 514. The minimum absolute atomic E-state index is 0.642. The quantitative estimate of drug-likeness (QED) is 0.873. The van der Waals surface area contributed by atoms with E-state index in [0.29, 0.717) is 12.4 Å². The first-order valence-electron chi connectivity index (χ1n) is 5.91. The van der Waals surface area contributed by atoms with Gasteiger partial charge in [-0.25, -0.2) is 4.98 Å². The summed E-state index contributed by atoms with van der Waals surface area (Å²) in [5, 5.41) is 3.32. The zero-order chi connectivity index (χ0) is 12.8. The van der Waals surface area contributed by atoms with E-state index < -0.39 is 0 Å². The zero-order valence-electron chi connectivity index (χ0n) is 10.7. The van der Waals surface area contributed by atoms with Crippen molar-refractivity contribution in [1.29, 1.82) is 0 Å². The second kappa shape index (κ2) is 6.12. The van der Waals surface area contributed by atoms with Gasteiger partial charge in [-0.3, -0.25) is 4.98 Å². The van der Waals surface area contributed by atoms with Crippen molar-refractivity contribution >= 4 is 0 Å². The Kier molecular flexibility index (Phi) is 4.25. The molecule has 2 heterocycles. The van der Waals surface area contributed by atoms with Gasteiger partial charge >= 0.3 is 0 Å². The first-order valence-corrected chi connectivity index (χ1v) is 5.91. The molecule has 0 aliphatic rings. The molecule has 4 heteroatoms. The highest BCUT2D eigenvalue weighted by molar-refractivity contribution is 5.15. The molecule has 0 aliphatic heterocycles. The van der Waals surface area contributed by atoms with Gasteiger partial charge in [-0.05, 0) is 25.1 Å². The second-order valence-corrected chi connectivity index (χ2v) is 4.05. The molecule has 2 rings (SSSR count). The first-order chi connectivity index (χ1) is 8.78. The number of nitrogens with one attached hydrogen (secondary N) is 1. The number of pyridine rings is 2. The first kappa shape index (κ1) is 12.5. The summed E-state index contributed by atoms with van der Waals surface area (Å²) in [6.07, 6.45) is 0. The van der Waals surface area contributed by atoms with E-state index in [4.69, 9.17) is 4.74 Å². The standard InChI is InChI=1S/C14H17N3O/c1-11-5-3-6-12(16-11)9-15-10-13-7-4-8-14(17-13)18-2/h3-8,15H,9-10H2,1-2H3. The van der Waals surface area contributed by atoms with Crippen molar-refractivity contribution in [3.63, 3.8) is 0 Å². The lowest BCUT2D eigenvalue weighted by Crippen LogP contribution is -2.14. The molecule has 0 bridgehead atoms. The Balaban J connectivity index is 1.88. The molecule has 0 spiro atoms. The molecule has 0 unspecified atom stereocenters. The highest BCUT2D eigenvalue weighted by Gasteiger charge is 1.98. The molecule has 0 aliphatic carbocycles. The third-order valence-electron chi connectivity index (χ3n) is 2.55. The van der Waals surface area contributed by atoms with Gasteiger partial charge in [-0.2, -0.15) is 0 Å². The van der Waals surface area contributed by atoms with Crippen molar-refractivity contribution < 1.29 is 4.74 Å². The lowest BCUT2D eigenvalue weighted by Gasteiger charge is -2.06. The Hall–Kier alpha value is -1.94. The van der Waals surface area contributed by atoms with Gasteiger partial charge in [0.25, 0.3) is 0 Å². The van der Waals surface area contributed by atoms with Crippen LogP contribution in [0.15, 0.2) is 36.4 Å². The Morgan fingerprint density at radius 1 is 1.00 bits per heavy atom. The molecule has 18 heavy (non-hydrogen) atoms. The van der Waals surface area contributed by atoms with Crippen LogP contribution in [0.25, 0.3) is 0 Å². The number of hydrogen-bond donors (Lipinski definition) is 1. The maximum absolute atomic E-state index is 5.08. The zero-order valence-corrected chi connectivity index (χ0v) is 10.7. The van der Waals surface area contributed by atoms with Crippen LogP contribution in [-0.4, -0.2) is 17.1 Å². The van der Waals surface area contributed by atoms with Crippen LogP contribution in [0.4, 0.5) is 0 Å². The number of hydrogen-bond acceptors (Lipinski definition) is 4. The molecule has 4 nitrogen and oxygen atoms in total. The molecule has 2 aromatic rings. The van der Waals surface area contributed by atoms with E-state index in [-0.39, 0.29) is 0 Å². The molecule has 0 saturated carbocycles. The lowest BCUT2D eigenvalue weighted by atomic mass is 10.3. The van der Waals surface area contributed by atoms with Crippen LogP contribution in [0.1, 0.15) is 17.1 Å². The Morgan fingerprint density at radius 2 is 1.67 bits per heavy atom. The van der Waals surface area contributed by atoms with Crippen molar-refractivity contribution in [1.82, 2.24) is 15.3 Å². The molecule has 0 fully saturated rings. The van der Waals surface area contributed by atoms with Gasteiger partial charge in [0.15, 0.2) is 0 Å². The third kappa shape index (κ3) is 3.53. The average molecular weight is 243 g/mol. The van der Waals surface area contributed by atoms with E-state index >= 15 is 0 Å². The van der Waals surface area contributed by atoms with Crippen molar-refractivity contribution in [2.75, 3.05) is 7.11 Å². The molecule has 2 aromatic heterocycles. The fraction of sp³-hybridized carbons (Fsp3) is 0.286. The van der Waals surface area contributed by atoms with Crippen LogP contribution < -0.4 is 10.1 Å². The van der Waals surface area contributed by atoms with Gasteiger partial charge in [-0.1, -0.05) is 12.1 Å². The summed E-state index contributed by atoms with van der Waals surface area (Å²) in [5.74, 6) is 0.642. The summed E-state index contributed by atoms with van der Waals surface area (Å²) in [7, 11) is 1.62. The van der Waals surface area contributed by atoms with E-state index in [2.05, 4.69) is 15.3 Å². The second-order valence-electron chi connectivity index (χ2n) is 4.05. The van der Waals surface area contributed by atoms with Crippen LogP contribution in [0.3, 0.4) is 0 Å². The van der Waals surface area contributed by atoms with E-state index in [1.807, 2.05) is 43.3 Å². The normalized spacial score (nSPS) is 10.3. The molecule has 0 amide bonds. The van der Waals surface area contributed by atoms with Gasteiger partial charge in [-0.15, -0.1) is 0 Å². The maximum Gasteiger partial charge on any atom is 0.213 e. The van der Waals surface area contributed by atoms with E-state index in [1.165, 1.54) is 0 Å². The van der Waals surface area contributed by atoms with Gasteiger partial charge in [0.05, 0.1) is 18.5 Å². The largest absolute Gasteiger partial charge is 0.481 e. The molecule has 0 radical (unpaired) electrons. The Labute approximate surface area is 107 Å². The van der Waals surface area contributed by atoms with Crippen molar-refractivity contribution in [2.45, 2.75) is 20.0 Å². The van der Waals surface area contributed by atoms with Crippen LogP contribution in [0.2, 0.25) is 0 Å². The molecule has 94 valence electrons. The van der Waals surface area contributed by atoms with Crippen LogP contribution in [-0.2, 0) is 13.1 Å². The molecule has 1 N–H and O–H groups in total. The maximum atomic E-state index is 5.08. The predicted molar refractivity (Wildman–Crippen MR) is 70.3 cm³/mol. The lowest BCUT2D eigenvalue weighted by molar-refractivity contribution is 0.395. The monoisotopic (exact) mass is 243 g/mol.